The van der Waals surface area contributed by atoms with Crippen LogP contribution in [-0.2, 0) is 11.2 Å². The fourth-order valence-electron chi connectivity index (χ4n) is 5.89. The van der Waals surface area contributed by atoms with Crippen LogP contribution in [0.1, 0.15) is 51.6 Å². The molecule has 0 N–H and O–H groups in total. The summed E-state index contributed by atoms with van der Waals surface area (Å²) in [7, 11) is 3.06. The highest BCUT2D eigenvalue weighted by Crippen LogP contribution is 2.38. The monoisotopic (exact) mass is 592 g/mol. The first-order valence-corrected chi connectivity index (χ1v) is 15.0. The van der Waals surface area contributed by atoms with Crippen LogP contribution in [0.4, 0.5) is 0 Å². The number of morpholine rings is 1. The SMILES string of the molecule is C=CCOc1cc(OCC=C)c(C(=O)c2ccc(OC)c(OC)c2)c(C(=O)CN2CCC(N3CCOCC3)CC2)c1CC. The molecular formula is C34H44N2O7. The molecule has 2 aromatic rings. The predicted molar refractivity (Wildman–Crippen MR) is 166 cm³/mol. The van der Waals surface area contributed by atoms with Gasteiger partial charge < -0.3 is 23.7 Å². The average Bonchev–Trinajstić information content (AvgIpc) is 3.05. The summed E-state index contributed by atoms with van der Waals surface area (Å²) in [6.07, 6.45) is 5.71. The number of benzene rings is 2. The maximum absolute atomic E-state index is 14.3. The van der Waals surface area contributed by atoms with E-state index in [1.54, 1.807) is 36.4 Å². The second-order valence-corrected chi connectivity index (χ2v) is 10.6. The number of likely N-dealkylation sites (tertiary alicyclic amines) is 1. The first kappa shape index (κ1) is 32.3. The summed E-state index contributed by atoms with van der Waals surface area (Å²) in [5.74, 6) is 1.20. The summed E-state index contributed by atoms with van der Waals surface area (Å²) >= 11 is 0. The molecule has 232 valence electrons. The normalized spacial score (nSPS) is 16.3. The van der Waals surface area contributed by atoms with Crippen molar-refractivity contribution in [1.82, 2.24) is 9.80 Å². The Morgan fingerprint density at radius 2 is 1.53 bits per heavy atom. The highest BCUT2D eigenvalue weighted by atomic mass is 16.5. The van der Waals surface area contributed by atoms with Crippen LogP contribution in [0.3, 0.4) is 0 Å². The number of ether oxygens (including phenoxy) is 5. The molecular weight excluding hydrogens is 548 g/mol. The minimum absolute atomic E-state index is 0.141. The van der Waals surface area contributed by atoms with Crippen molar-refractivity contribution in [3.8, 4) is 23.0 Å². The Morgan fingerprint density at radius 1 is 0.884 bits per heavy atom. The van der Waals surface area contributed by atoms with E-state index in [1.807, 2.05) is 6.92 Å². The van der Waals surface area contributed by atoms with Crippen molar-refractivity contribution >= 4 is 11.6 Å². The zero-order valence-electron chi connectivity index (χ0n) is 25.7. The van der Waals surface area contributed by atoms with E-state index in [4.69, 9.17) is 23.7 Å². The van der Waals surface area contributed by atoms with Crippen LogP contribution < -0.4 is 18.9 Å². The van der Waals surface area contributed by atoms with Crippen LogP contribution in [0.5, 0.6) is 23.0 Å². The van der Waals surface area contributed by atoms with Gasteiger partial charge in [0.25, 0.3) is 0 Å². The minimum Gasteiger partial charge on any atom is -0.493 e. The molecule has 2 saturated heterocycles. The largest absolute Gasteiger partial charge is 0.493 e. The zero-order chi connectivity index (χ0) is 30.8. The number of nitrogens with zero attached hydrogens (tertiary/aromatic N) is 2. The van der Waals surface area contributed by atoms with Gasteiger partial charge in [0.15, 0.2) is 23.1 Å². The van der Waals surface area contributed by atoms with Crippen molar-refractivity contribution in [2.45, 2.75) is 32.2 Å². The van der Waals surface area contributed by atoms with Crippen molar-refractivity contribution in [3.63, 3.8) is 0 Å². The first-order valence-electron chi connectivity index (χ1n) is 15.0. The lowest BCUT2D eigenvalue weighted by molar-refractivity contribution is 0.00129. The van der Waals surface area contributed by atoms with E-state index in [2.05, 4.69) is 23.0 Å². The predicted octanol–water partition coefficient (Wildman–Crippen LogP) is 4.61. The molecule has 0 atom stereocenters. The van der Waals surface area contributed by atoms with Crippen molar-refractivity contribution in [1.29, 1.82) is 0 Å². The second kappa shape index (κ2) is 15.7. The number of carbonyl (C=O) groups excluding carboxylic acids is 2. The minimum atomic E-state index is -0.348. The number of carbonyl (C=O) groups is 2. The number of piperidine rings is 1. The Kier molecular flexibility index (Phi) is 11.8. The Bertz CT molecular complexity index is 1290. The van der Waals surface area contributed by atoms with Gasteiger partial charge in [0, 0.05) is 55.0 Å². The molecule has 43 heavy (non-hydrogen) atoms. The number of hydrogen-bond donors (Lipinski definition) is 0. The molecule has 0 unspecified atom stereocenters. The van der Waals surface area contributed by atoms with Gasteiger partial charge in [-0.3, -0.25) is 19.4 Å². The number of methoxy groups -OCH3 is 2. The van der Waals surface area contributed by atoms with Gasteiger partial charge in [-0.2, -0.15) is 0 Å². The molecule has 2 aromatic carbocycles. The lowest BCUT2D eigenvalue weighted by Crippen LogP contribution is -2.49. The number of hydrogen-bond acceptors (Lipinski definition) is 9. The van der Waals surface area contributed by atoms with E-state index in [1.165, 1.54) is 14.2 Å². The highest BCUT2D eigenvalue weighted by molar-refractivity contribution is 6.18. The van der Waals surface area contributed by atoms with Gasteiger partial charge in [-0.1, -0.05) is 32.2 Å². The molecule has 9 nitrogen and oxygen atoms in total. The quantitative estimate of drug-likeness (QED) is 0.217. The van der Waals surface area contributed by atoms with Crippen LogP contribution in [-0.4, -0.2) is 101 Å². The standard InChI is InChI=1S/C34H44N2O7/c1-6-17-42-29-22-31(43-18-7-2)33(34(38)24-9-10-28(39-4)30(21-24)40-5)32(26(29)8-3)27(37)23-35-13-11-25(12-14-35)36-15-19-41-20-16-36/h6-7,9-10,21-22,25H,1-2,8,11-20,23H2,3-5H3. The van der Waals surface area contributed by atoms with Gasteiger partial charge in [-0.25, -0.2) is 0 Å². The Morgan fingerprint density at radius 3 is 2.14 bits per heavy atom. The molecule has 2 aliphatic rings. The van der Waals surface area contributed by atoms with Crippen molar-refractivity contribution in [2.24, 2.45) is 0 Å². The number of Topliss-reactive ketones (excluding diaryl/α,β-unsaturated/α-hetero) is 1. The fourth-order valence-corrected chi connectivity index (χ4v) is 5.89. The molecule has 2 fully saturated rings. The van der Waals surface area contributed by atoms with E-state index in [0.29, 0.717) is 46.4 Å². The Labute approximate surface area is 255 Å². The summed E-state index contributed by atoms with van der Waals surface area (Å²) in [6, 6.07) is 7.16. The van der Waals surface area contributed by atoms with Crippen molar-refractivity contribution < 1.29 is 33.3 Å². The zero-order valence-corrected chi connectivity index (χ0v) is 25.7. The third kappa shape index (κ3) is 7.65. The lowest BCUT2D eigenvalue weighted by Gasteiger charge is -2.40. The Balaban J connectivity index is 1.72. The fraction of sp³-hybridized carbons (Fsp3) is 0.471. The van der Waals surface area contributed by atoms with Crippen LogP contribution in [0.2, 0.25) is 0 Å². The molecule has 0 saturated carbocycles. The molecule has 4 rings (SSSR count). The summed E-state index contributed by atoms with van der Waals surface area (Å²) in [5.41, 5.74) is 1.57. The summed E-state index contributed by atoms with van der Waals surface area (Å²) < 4.78 is 28.4. The van der Waals surface area contributed by atoms with E-state index in [9.17, 15) is 9.59 Å². The molecule has 2 heterocycles. The van der Waals surface area contributed by atoms with Crippen LogP contribution >= 0.6 is 0 Å². The van der Waals surface area contributed by atoms with Gasteiger partial charge in [0.2, 0.25) is 0 Å². The highest BCUT2D eigenvalue weighted by Gasteiger charge is 2.32. The van der Waals surface area contributed by atoms with Crippen LogP contribution in [0.15, 0.2) is 49.6 Å². The molecule has 9 heteroatoms. The van der Waals surface area contributed by atoms with Crippen LogP contribution in [0, 0.1) is 0 Å². The molecule has 0 radical (unpaired) electrons. The summed E-state index contributed by atoms with van der Waals surface area (Å²) in [4.78, 5) is 33.3. The van der Waals surface area contributed by atoms with Crippen molar-refractivity contribution in [2.75, 3.05) is 73.4 Å². The van der Waals surface area contributed by atoms with E-state index >= 15 is 0 Å². The van der Waals surface area contributed by atoms with Gasteiger partial charge in [0.05, 0.1) is 39.5 Å². The third-order valence-corrected chi connectivity index (χ3v) is 8.06. The van der Waals surface area contributed by atoms with E-state index in [-0.39, 0.29) is 42.6 Å². The van der Waals surface area contributed by atoms with Gasteiger partial charge in [0.1, 0.15) is 24.7 Å². The third-order valence-electron chi connectivity index (χ3n) is 8.06. The summed E-state index contributed by atoms with van der Waals surface area (Å²) in [5, 5.41) is 0. The summed E-state index contributed by atoms with van der Waals surface area (Å²) in [6.45, 7) is 15.1. The van der Waals surface area contributed by atoms with E-state index < -0.39 is 0 Å². The number of rotatable bonds is 15. The molecule has 0 aromatic heterocycles. The smallest absolute Gasteiger partial charge is 0.197 e. The maximum Gasteiger partial charge on any atom is 0.197 e. The van der Waals surface area contributed by atoms with E-state index in [0.717, 1.165) is 52.2 Å². The molecule has 0 aliphatic carbocycles. The van der Waals surface area contributed by atoms with Gasteiger partial charge in [-0.05, 0) is 37.5 Å². The molecule has 0 spiro atoms. The van der Waals surface area contributed by atoms with Gasteiger partial charge >= 0.3 is 0 Å². The topological polar surface area (TPSA) is 86.8 Å². The van der Waals surface area contributed by atoms with Crippen molar-refractivity contribution in [3.05, 3.63) is 71.8 Å². The Hall–Kier alpha value is -3.66. The first-order chi connectivity index (χ1) is 20.9. The second-order valence-electron chi connectivity index (χ2n) is 10.6. The lowest BCUT2D eigenvalue weighted by atomic mass is 9.88. The van der Waals surface area contributed by atoms with Crippen LogP contribution in [0.25, 0.3) is 0 Å². The average molecular weight is 593 g/mol. The molecule has 2 aliphatic heterocycles. The molecule has 0 bridgehead atoms. The maximum atomic E-state index is 14.3. The molecule has 0 amide bonds. The number of ketones is 2. The van der Waals surface area contributed by atoms with Gasteiger partial charge in [-0.15, -0.1) is 0 Å².